The van der Waals surface area contributed by atoms with Gasteiger partial charge in [0.25, 0.3) is 0 Å². The van der Waals surface area contributed by atoms with Gasteiger partial charge in [-0.2, -0.15) is 4.13 Å². The van der Waals surface area contributed by atoms with E-state index in [1.165, 1.54) is 31.2 Å². The smallest absolute Gasteiger partial charge is 0.103 e. The Morgan fingerprint density at radius 3 is 2.73 bits per heavy atom. The zero-order chi connectivity index (χ0) is 8.53. The maximum absolute atomic E-state index is 10.2. The van der Waals surface area contributed by atoms with Crippen molar-refractivity contribution in [2.24, 2.45) is 0 Å². The van der Waals surface area contributed by atoms with Gasteiger partial charge < -0.3 is 0 Å². The Bertz CT molecular complexity index is 140. The van der Waals surface area contributed by atoms with Gasteiger partial charge in [0.05, 0.1) is 0 Å². The molecule has 0 bridgehead atoms. The number of thiol groups is 1. The van der Waals surface area contributed by atoms with Gasteiger partial charge in [-0.25, -0.2) is 8.99 Å². The van der Waals surface area contributed by atoms with Gasteiger partial charge >= 0.3 is 0 Å². The van der Waals surface area contributed by atoms with E-state index >= 15 is 0 Å². The van der Waals surface area contributed by atoms with Crippen molar-refractivity contribution >= 4 is 22.7 Å². The van der Waals surface area contributed by atoms with Crippen molar-refractivity contribution in [3.8, 4) is 0 Å². The molecule has 3 nitrogen and oxygen atoms in total. The van der Waals surface area contributed by atoms with Crippen LogP contribution in [0.2, 0.25) is 0 Å². The summed E-state index contributed by atoms with van der Waals surface area (Å²) in [7, 11) is -1.91. The first-order chi connectivity index (χ1) is 5.27. The molecule has 11 heavy (non-hydrogen) atoms. The standard InChI is InChI=1S/C6H16N2OS2/c1-2-3-4-5-6-10-8-11(7)9/h11H,2-6H2,1H3,(H2,7,8,9). The lowest BCUT2D eigenvalue weighted by Gasteiger charge is -1.97. The predicted molar refractivity (Wildman–Crippen MR) is 52.0 cm³/mol. The maximum atomic E-state index is 10.2. The molecule has 1 atom stereocenters. The highest BCUT2D eigenvalue weighted by atomic mass is 32.2. The topological polar surface area (TPSA) is 53.0 Å². The molecule has 0 rings (SSSR count). The molecule has 0 fully saturated rings. The first-order valence-electron chi connectivity index (χ1n) is 3.83. The maximum Gasteiger partial charge on any atom is 0.103 e. The van der Waals surface area contributed by atoms with Gasteiger partial charge in [0.2, 0.25) is 0 Å². The van der Waals surface area contributed by atoms with Crippen LogP contribution in [0.15, 0.2) is 0 Å². The first kappa shape index (κ1) is 11.3. The summed E-state index contributed by atoms with van der Waals surface area (Å²) < 4.78 is 19.4. The second-order valence-corrected chi connectivity index (χ2v) is 4.31. The normalized spacial score (nSPS) is 13.2. The minimum atomic E-state index is -1.91. The molecule has 68 valence electrons. The van der Waals surface area contributed by atoms with Crippen LogP contribution in [0.4, 0.5) is 0 Å². The van der Waals surface area contributed by atoms with Gasteiger partial charge in [0.15, 0.2) is 0 Å². The van der Waals surface area contributed by atoms with Crippen molar-refractivity contribution in [1.29, 1.82) is 4.78 Å². The van der Waals surface area contributed by atoms with Crippen LogP contribution in [0.3, 0.4) is 0 Å². The lowest BCUT2D eigenvalue weighted by atomic mass is 10.2. The highest BCUT2D eigenvalue weighted by molar-refractivity contribution is 8.04. The van der Waals surface area contributed by atoms with Gasteiger partial charge in [-0.15, -0.1) is 0 Å². The average Bonchev–Trinajstić information content (AvgIpc) is 1.96. The molecule has 0 aromatic rings. The Hall–Kier alpha value is 0.260. The Kier molecular flexibility index (Phi) is 8.56. The summed E-state index contributed by atoms with van der Waals surface area (Å²) in [4.78, 5) is 0. The number of nitrogens with one attached hydrogen (secondary N) is 2. The molecule has 0 aliphatic heterocycles. The van der Waals surface area contributed by atoms with Crippen molar-refractivity contribution in [2.75, 3.05) is 5.75 Å². The molecule has 0 aliphatic rings. The van der Waals surface area contributed by atoms with Crippen LogP contribution in [0.1, 0.15) is 32.6 Å². The summed E-state index contributed by atoms with van der Waals surface area (Å²) in [6, 6.07) is 0. The van der Waals surface area contributed by atoms with Crippen molar-refractivity contribution in [1.82, 2.24) is 4.13 Å². The van der Waals surface area contributed by atoms with Gasteiger partial charge in [-0.1, -0.05) is 38.1 Å². The highest BCUT2D eigenvalue weighted by Gasteiger charge is 1.88. The van der Waals surface area contributed by atoms with Crippen molar-refractivity contribution in [2.45, 2.75) is 32.6 Å². The summed E-state index contributed by atoms with van der Waals surface area (Å²) in [5.74, 6) is 0.958. The minimum Gasteiger partial charge on any atom is -0.242 e. The van der Waals surface area contributed by atoms with Crippen LogP contribution in [0, 0.1) is 4.78 Å². The molecule has 2 N–H and O–H groups in total. The Morgan fingerprint density at radius 2 is 2.18 bits per heavy atom. The largest absolute Gasteiger partial charge is 0.242 e. The zero-order valence-electron chi connectivity index (χ0n) is 6.80. The van der Waals surface area contributed by atoms with Crippen LogP contribution in [-0.4, -0.2) is 9.96 Å². The Labute approximate surface area is 74.6 Å². The third-order valence-electron chi connectivity index (χ3n) is 1.25. The quantitative estimate of drug-likeness (QED) is 0.331. The van der Waals surface area contributed by atoms with Gasteiger partial charge in [0.1, 0.15) is 10.8 Å². The van der Waals surface area contributed by atoms with Crippen LogP contribution >= 0.6 is 11.9 Å². The summed E-state index contributed by atoms with van der Waals surface area (Å²) in [5, 5.41) is 0. The SMILES string of the molecule is CCCCCCSN[SH](=N)=O. The van der Waals surface area contributed by atoms with Crippen LogP contribution in [-0.2, 0) is 10.8 Å². The van der Waals surface area contributed by atoms with E-state index in [1.807, 2.05) is 0 Å². The number of hydrogen-bond donors (Lipinski definition) is 3. The van der Waals surface area contributed by atoms with Gasteiger partial charge in [-0.3, -0.25) is 0 Å². The molecule has 0 saturated heterocycles. The summed E-state index contributed by atoms with van der Waals surface area (Å²) in [6.07, 6.45) is 4.90. The summed E-state index contributed by atoms with van der Waals surface area (Å²) >= 11 is 1.39. The van der Waals surface area contributed by atoms with Crippen LogP contribution < -0.4 is 4.13 Å². The Balaban J connectivity index is 2.90. The molecule has 0 heterocycles. The van der Waals surface area contributed by atoms with E-state index < -0.39 is 10.8 Å². The fourth-order valence-corrected chi connectivity index (χ4v) is 1.89. The molecular formula is C6H16N2OS2. The van der Waals surface area contributed by atoms with Crippen molar-refractivity contribution in [3.63, 3.8) is 0 Å². The summed E-state index contributed by atoms with van der Waals surface area (Å²) in [6.45, 7) is 2.17. The molecule has 0 aromatic carbocycles. The second kappa shape index (κ2) is 8.36. The minimum absolute atomic E-state index is 0.958. The third kappa shape index (κ3) is 10.3. The van der Waals surface area contributed by atoms with Crippen LogP contribution in [0.25, 0.3) is 0 Å². The van der Waals surface area contributed by atoms with E-state index in [9.17, 15) is 4.21 Å². The molecule has 0 aliphatic carbocycles. The van der Waals surface area contributed by atoms with Crippen molar-refractivity contribution in [3.05, 3.63) is 0 Å². The Morgan fingerprint density at radius 1 is 1.45 bits per heavy atom. The second-order valence-electron chi connectivity index (χ2n) is 2.29. The number of rotatable bonds is 7. The van der Waals surface area contributed by atoms with E-state index in [4.69, 9.17) is 4.78 Å². The van der Waals surface area contributed by atoms with E-state index in [1.54, 1.807) is 0 Å². The lowest BCUT2D eigenvalue weighted by Crippen LogP contribution is -1.98. The molecule has 0 saturated carbocycles. The van der Waals surface area contributed by atoms with E-state index in [2.05, 4.69) is 11.1 Å². The van der Waals surface area contributed by atoms with Crippen molar-refractivity contribution < 1.29 is 4.21 Å². The average molecular weight is 196 g/mol. The lowest BCUT2D eigenvalue weighted by molar-refractivity contribution is 0.686. The molecule has 0 spiro atoms. The number of unbranched alkanes of at least 4 members (excludes halogenated alkanes) is 3. The molecule has 0 aromatic heterocycles. The molecule has 0 amide bonds. The monoisotopic (exact) mass is 196 g/mol. The van der Waals surface area contributed by atoms with E-state index in [0.717, 1.165) is 12.2 Å². The molecule has 5 heteroatoms. The van der Waals surface area contributed by atoms with E-state index in [0.29, 0.717) is 0 Å². The number of hydrogen-bond acceptors (Lipinski definition) is 3. The molecule has 0 radical (unpaired) electrons. The van der Waals surface area contributed by atoms with E-state index in [-0.39, 0.29) is 0 Å². The first-order valence-corrected chi connectivity index (χ1v) is 6.07. The fourth-order valence-electron chi connectivity index (χ4n) is 0.705. The van der Waals surface area contributed by atoms with Crippen LogP contribution in [0.5, 0.6) is 0 Å². The highest BCUT2D eigenvalue weighted by Crippen LogP contribution is 2.03. The third-order valence-corrected chi connectivity index (χ3v) is 2.92. The fraction of sp³-hybridized carbons (Fsp3) is 1.00. The predicted octanol–water partition coefficient (Wildman–Crippen LogP) is 1.96. The van der Waals surface area contributed by atoms with Gasteiger partial charge in [-0.05, 0) is 6.42 Å². The molecular weight excluding hydrogens is 180 g/mol. The molecule has 1 unspecified atom stereocenters. The summed E-state index contributed by atoms with van der Waals surface area (Å²) in [5.41, 5.74) is 0. The zero-order valence-corrected chi connectivity index (χ0v) is 8.51. The van der Waals surface area contributed by atoms with Gasteiger partial charge in [0, 0.05) is 5.75 Å².